The molecule has 0 aliphatic carbocycles. The van der Waals surface area contributed by atoms with Crippen LogP contribution in [-0.2, 0) is 11.3 Å². The van der Waals surface area contributed by atoms with Gasteiger partial charge in [-0.15, -0.1) is 24.0 Å². The normalized spacial score (nSPS) is 18.3. The zero-order valence-corrected chi connectivity index (χ0v) is 18.6. The first-order valence-electron chi connectivity index (χ1n) is 9.83. The monoisotopic (exact) mass is 485 g/mol. The number of hydrogen-bond acceptors (Lipinski definition) is 3. The molecule has 0 aromatic heterocycles. The summed E-state index contributed by atoms with van der Waals surface area (Å²) in [6.07, 6.45) is 2.25. The van der Waals surface area contributed by atoms with E-state index in [2.05, 4.69) is 57.4 Å². The molecule has 150 valence electrons. The van der Waals surface area contributed by atoms with Crippen molar-refractivity contribution < 1.29 is 4.79 Å². The molecule has 0 atom stereocenters. The van der Waals surface area contributed by atoms with E-state index in [4.69, 9.17) is 0 Å². The fourth-order valence-corrected chi connectivity index (χ4v) is 3.59. The van der Waals surface area contributed by atoms with Gasteiger partial charge in [0, 0.05) is 52.4 Å². The lowest BCUT2D eigenvalue weighted by atomic mass is 10.2. The second kappa shape index (κ2) is 11.5. The summed E-state index contributed by atoms with van der Waals surface area (Å²) in [7, 11) is 0. The first-order valence-corrected chi connectivity index (χ1v) is 9.83. The fraction of sp³-hybridized carbons (Fsp3) is 0.600. The Morgan fingerprint density at radius 1 is 1.00 bits per heavy atom. The third-order valence-corrected chi connectivity index (χ3v) is 5.08. The molecule has 0 unspecified atom stereocenters. The SMILES string of the molecule is CCNC(=NCC(=O)N1CCCC1)N1CCN(Cc2ccccc2)CC1.I. The van der Waals surface area contributed by atoms with Crippen molar-refractivity contribution in [2.24, 2.45) is 4.99 Å². The van der Waals surface area contributed by atoms with Gasteiger partial charge in [0.05, 0.1) is 0 Å². The van der Waals surface area contributed by atoms with Gasteiger partial charge in [-0.05, 0) is 25.3 Å². The molecule has 3 rings (SSSR count). The number of aliphatic imine (C=N–C) groups is 1. The van der Waals surface area contributed by atoms with Gasteiger partial charge in [-0.1, -0.05) is 30.3 Å². The highest BCUT2D eigenvalue weighted by molar-refractivity contribution is 14.0. The number of nitrogens with zero attached hydrogens (tertiary/aromatic N) is 4. The molecule has 0 spiro atoms. The van der Waals surface area contributed by atoms with E-state index in [-0.39, 0.29) is 36.4 Å². The molecule has 0 saturated carbocycles. The van der Waals surface area contributed by atoms with Crippen LogP contribution in [0.25, 0.3) is 0 Å². The molecule has 7 heteroatoms. The zero-order chi connectivity index (χ0) is 18.2. The Bertz CT molecular complexity index is 596. The first kappa shape index (κ1) is 21.9. The van der Waals surface area contributed by atoms with Gasteiger partial charge in [-0.3, -0.25) is 9.69 Å². The summed E-state index contributed by atoms with van der Waals surface area (Å²) < 4.78 is 0. The molecule has 6 nitrogen and oxygen atoms in total. The Hall–Kier alpha value is -1.35. The molecular weight excluding hydrogens is 453 g/mol. The number of amides is 1. The number of piperazine rings is 1. The van der Waals surface area contributed by atoms with Gasteiger partial charge in [-0.25, -0.2) is 4.99 Å². The zero-order valence-electron chi connectivity index (χ0n) is 16.3. The Labute approximate surface area is 180 Å². The third-order valence-electron chi connectivity index (χ3n) is 5.08. The summed E-state index contributed by atoms with van der Waals surface area (Å²) in [6, 6.07) is 10.6. The smallest absolute Gasteiger partial charge is 0.244 e. The Morgan fingerprint density at radius 3 is 2.30 bits per heavy atom. The Morgan fingerprint density at radius 2 is 1.67 bits per heavy atom. The summed E-state index contributed by atoms with van der Waals surface area (Å²) >= 11 is 0. The van der Waals surface area contributed by atoms with Gasteiger partial charge in [0.15, 0.2) is 5.96 Å². The maximum Gasteiger partial charge on any atom is 0.244 e. The number of nitrogens with one attached hydrogen (secondary N) is 1. The fourth-order valence-electron chi connectivity index (χ4n) is 3.59. The summed E-state index contributed by atoms with van der Waals surface area (Å²) in [4.78, 5) is 23.6. The van der Waals surface area contributed by atoms with Crippen molar-refractivity contribution in [3.63, 3.8) is 0 Å². The first-order chi connectivity index (χ1) is 12.8. The van der Waals surface area contributed by atoms with Gasteiger partial charge < -0.3 is 15.1 Å². The van der Waals surface area contributed by atoms with Crippen molar-refractivity contribution in [3.8, 4) is 0 Å². The molecule has 2 fully saturated rings. The second-order valence-corrected chi connectivity index (χ2v) is 7.01. The molecule has 2 heterocycles. The van der Waals surface area contributed by atoms with Crippen LogP contribution in [-0.4, -0.2) is 78.9 Å². The molecule has 1 amide bonds. The van der Waals surface area contributed by atoms with E-state index in [1.165, 1.54) is 5.56 Å². The lowest BCUT2D eigenvalue weighted by Gasteiger charge is -2.36. The van der Waals surface area contributed by atoms with Crippen molar-refractivity contribution in [1.29, 1.82) is 0 Å². The van der Waals surface area contributed by atoms with Crippen LogP contribution in [0.2, 0.25) is 0 Å². The van der Waals surface area contributed by atoms with Gasteiger partial charge in [0.2, 0.25) is 5.91 Å². The third kappa shape index (κ3) is 6.64. The summed E-state index contributed by atoms with van der Waals surface area (Å²) in [6.45, 7) is 9.84. The summed E-state index contributed by atoms with van der Waals surface area (Å²) in [5, 5.41) is 3.35. The van der Waals surface area contributed by atoms with Gasteiger partial charge in [0.25, 0.3) is 0 Å². The van der Waals surface area contributed by atoms with Crippen LogP contribution < -0.4 is 5.32 Å². The van der Waals surface area contributed by atoms with Gasteiger partial charge >= 0.3 is 0 Å². The van der Waals surface area contributed by atoms with E-state index in [1.54, 1.807) is 0 Å². The number of guanidine groups is 1. The van der Waals surface area contributed by atoms with Gasteiger partial charge in [0.1, 0.15) is 6.54 Å². The molecule has 1 N–H and O–H groups in total. The molecular formula is C20H32IN5O. The average Bonchev–Trinajstić information content (AvgIpc) is 3.21. The van der Waals surface area contributed by atoms with E-state index in [0.29, 0.717) is 0 Å². The highest BCUT2D eigenvalue weighted by Crippen LogP contribution is 2.10. The number of hydrogen-bond donors (Lipinski definition) is 1. The van der Waals surface area contributed by atoms with Crippen LogP contribution >= 0.6 is 24.0 Å². The molecule has 27 heavy (non-hydrogen) atoms. The Kier molecular flexibility index (Phi) is 9.33. The summed E-state index contributed by atoms with van der Waals surface area (Å²) in [5.74, 6) is 1.03. The van der Waals surface area contributed by atoms with Crippen LogP contribution in [0.3, 0.4) is 0 Å². The largest absolute Gasteiger partial charge is 0.357 e. The quantitative estimate of drug-likeness (QED) is 0.394. The standard InChI is InChI=1S/C20H31N5O.HI/c1-2-21-20(22-16-19(26)24-10-6-7-11-24)25-14-12-23(13-15-25)17-18-8-4-3-5-9-18;/h3-5,8-9H,2,6-7,10-17H2,1H3,(H,21,22);1H. The van der Waals surface area contributed by atoms with Gasteiger partial charge in [-0.2, -0.15) is 0 Å². The number of carbonyl (C=O) groups is 1. The number of halogens is 1. The minimum atomic E-state index is 0. The lowest BCUT2D eigenvalue weighted by molar-refractivity contribution is -0.128. The predicted octanol–water partition coefficient (Wildman–Crippen LogP) is 2.01. The molecule has 0 radical (unpaired) electrons. The lowest BCUT2D eigenvalue weighted by Crippen LogP contribution is -2.52. The van der Waals surface area contributed by atoms with Crippen molar-refractivity contribution >= 4 is 35.8 Å². The van der Waals surface area contributed by atoms with E-state index < -0.39 is 0 Å². The molecule has 2 aliphatic rings. The maximum absolute atomic E-state index is 12.3. The van der Waals surface area contributed by atoms with Crippen LogP contribution in [0, 0.1) is 0 Å². The van der Waals surface area contributed by atoms with Crippen molar-refractivity contribution in [1.82, 2.24) is 20.0 Å². The summed E-state index contributed by atoms with van der Waals surface area (Å²) in [5.41, 5.74) is 1.36. The minimum absolute atomic E-state index is 0. The number of likely N-dealkylation sites (tertiary alicyclic amines) is 1. The molecule has 1 aromatic rings. The topological polar surface area (TPSA) is 51.2 Å². The molecule has 0 bridgehead atoms. The molecule has 1 aromatic carbocycles. The average molecular weight is 485 g/mol. The molecule has 2 aliphatic heterocycles. The second-order valence-electron chi connectivity index (χ2n) is 7.01. The number of carbonyl (C=O) groups excluding carboxylic acids is 1. The van der Waals surface area contributed by atoms with Crippen LogP contribution in [0.5, 0.6) is 0 Å². The van der Waals surface area contributed by atoms with E-state index >= 15 is 0 Å². The molecule has 2 saturated heterocycles. The predicted molar refractivity (Wildman–Crippen MR) is 120 cm³/mol. The van der Waals surface area contributed by atoms with Crippen LogP contribution in [0.15, 0.2) is 35.3 Å². The van der Waals surface area contributed by atoms with E-state index in [9.17, 15) is 4.79 Å². The van der Waals surface area contributed by atoms with Crippen molar-refractivity contribution in [3.05, 3.63) is 35.9 Å². The maximum atomic E-state index is 12.3. The highest BCUT2D eigenvalue weighted by Gasteiger charge is 2.21. The van der Waals surface area contributed by atoms with Crippen molar-refractivity contribution in [2.75, 3.05) is 52.4 Å². The van der Waals surface area contributed by atoms with Crippen LogP contribution in [0.1, 0.15) is 25.3 Å². The van der Waals surface area contributed by atoms with E-state index in [0.717, 1.165) is 71.2 Å². The van der Waals surface area contributed by atoms with Crippen molar-refractivity contribution in [2.45, 2.75) is 26.3 Å². The number of benzene rings is 1. The number of rotatable bonds is 5. The van der Waals surface area contributed by atoms with E-state index in [1.807, 2.05) is 4.90 Å². The Balaban J connectivity index is 0.00000261. The minimum Gasteiger partial charge on any atom is -0.357 e. The van der Waals surface area contributed by atoms with Crippen LogP contribution in [0.4, 0.5) is 0 Å². The highest BCUT2D eigenvalue weighted by atomic mass is 127.